The number of methoxy groups -OCH3 is 1. The Morgan fingerprint density at radius 3 is 2.78 bits per heavy atom. The highest BCUT2D eigenvalue weighted by atomic mass is 19.1. The molecule has 1 aliphatic heterocycles. The molecule has 9 nitrogen and oxygen atoms in total. The predicted octanol–water partition coefficient (Wildman–Crippen LogP) is 4.54. The topological polar surface area (TPSA) is 102 Å². The van der Waals surface area contributed by atoms with Crippen molar-refractivity contribution in [2.75, 3.05) is 48.9 Å². The van der Waals surface area contributed by atoms with E-state index in [2.05, 4.69) is 37.1 Å². The van der Waals surface area contributed by atoms with E-state index in [0.29, 0.717) is 41.2 Å². The summed E-state index contributed by atoms with van der Waals surface area (Å²) in [6.45, 7) is 6.45. The number of carbonyl (C=O) groups excluding carboxylic acids is 1. The van der Waals surface area contributed by atoms with Gasteiger partial charge in [-0.15, -0.1) is 0 Å². The third-order valence-corrected chi connectivity index (χ3v) is 6.00. The fourth-order valence-electron chi connectivity index (χ4n) is 4.17. The van der Waals surface area contributed by atoms with Gasteiger partial charge in [0.25, 0.3) is 0 Å². The molecule has 0 aliphatic carbocycles. The minimum atomic E-state index is -0.530. The predicted molar refractivity (Wildman–Crippen MR) is 141 cm³/mol. The molecule has 3 heterocycles. The highest BCUT2D eigenvalue weighted by molar-refractivity contribution is 6.03. The lowest BCUT2D eigenvalue weighted by Gasteiger charge is -2.29. The largest absolute Gasteiger partial charge is 0.494 e. The van der Waals surface area contributed by atoms with Crippen LogP contribution in [-0.2, 0) is 9.53 Å². The Balaban J connectivity index is 1.53. The van der Waals surface area contributed by atoms with Crippen LogP contribution in [0.3, 0.4) is 0 Å². The van der Waals surface area contributed by atoms with E-state index in [1.165, 1.54) is 12.3 Å². The maximum absolute atomic E-state index is 15.2. The molecule has 1 saturated heterocycles. The molecule has 0 unspecified atom stereocenters. The fraction of sp³-hybridized carbons (Fsp3) is 0.185. The third-order valence-electron chi connectivity index (χ3n) is 6.00. The molecule has 2 aromatic heterocycles. The van der Waals surface area contributed by atoms with Gasteiger partial charge in [0.2, 0.25) is 11.9 Å². The molecule has 5 rings (SSSR count). The molecule has 0 bridgehead atoms. The van der Waals surface area contributed by atoms with Gasteiger partial charge in [-0.2, -0.15) is 0 Å². The first-order valence-electron chi connectivity index (χ1n) is 11.7. The van der Waals surface area contributed by atoms with Crippen molar-refractivity contribution in [2.24, 2.45) is 0 Å². The fourth-order valence-corrected chi connectivity index (χ4v) is 4.17. The van der Waals surface area contributed by atoms with Crippen molar-refractivity contribution in [3.05, 3.63) is 73.3 Å². The number of hydrogen-bond donors (Lipinski definition) is 2. The Morgan fingerprint density at radius 1 is 1.16 bits per heavy atom. The summed E-state index contributed by atoms with van der Waals surface area (Å²) in [7, 11) is 1.60. The number of rotatable bonds is 7. The molecule has 1 aliphatic rings. The van der Waals surface area contributed by atoms with Crippen LogP contribution < -0.4 is 20.3 Å². The van der Waals surface area contributed by atoms with Crippen molar-refractivity contribution in [1.29, 1.82) is 0 Å². The minimum absolute atomic E-state index is 0.151. The summed E-state index contributed by atoms with van der Waals surface area (Å²) in [6, 6.07) is 12.1. The number of halogens is 1. The number of nitrogens with one attached hydrogen (secondary N) is 2. The monoisotopic (exact) mass is 500 g/mol. The molecule has 4 aromatic rings. The number of morpholine rings is 1. The number of nitrogens with zero attached hydrogens (tertiary/aromatic N) is 4. The number of anilines is 4. The van der Waals surface area contributed by atoms with E-state index in [-0.39, 0.29) is 17.2 Å². The number of fused-ring (bicyclic) bond motifs is 1. The Bertz CT molecular complexity index is 1470. The molecule has 1 fully saturated rings. The Hall–Kier alpha value is -4.57. The van der Waals surface area contributed by atoms with Crippen LogP contribution in [0.1, 0.15) is 0 Å². The molecule has 37 heavy (non-hydrogen) atoms. The van der Waals surface area contributed by atoms with Crippen LogP contribution >= 0.6 is 0 Å². The molecule has 1 amide bonds. The quantitative estimate of drug-likeness (QED) is 0.357. The second-order valence-electron chi connectivity index (χ2n) is 8.26. The molecule has 188 valence electrons. The van der Waals surface area contributed by atoms with Gasteiger partial charge in [0.05, 0.1) is 48.5 Å². The zero-order valence-electron chi connectivity index (χ0n) is 20.2. The summed E-state index contributed by atoms with van der Waals surface area (Å²) in [6.07, 6.45) is 4.27. The second kappa shape index (κ2) is 10.6. The maximum Gasteiger partial charge on any atom is 0.247 e. The van der Waals surface area contributed by atoms with Gasteiger partial charge < -0.3 is 25.0 Å². The summed E-state index contributed by atoms with van der Waals surface area (Å²) in [5.41, 5.74) is 2.77. The zero-order valence-corrected chi connectivity index (χ0v) is 20.2. The van der Waals surface area contributed by atoms with Crippen LogP contribution in [0.15, 0.2) is 67.5 Å². The van der Waals surface area contributed by atoms with Crippen molar-refractivity contribution >= 4 is 39.8 Å². The SMILES string of the molecule is C=CC(=O)Nc1cccnc1-c1c(F)ccc2cnc(Nc3ccc(N4CCOCC4)cc3OC)nc12. The molecule has 0 spiro atoms. The second-order valence-corrected chi connectivity index (χ2v) is 8.26. The highest BCUT2D eigenvalue weighted by Crippen LogP contribution is 2.35. The van der Waals surface area contributed by atoms with E-state index < -0.39 is 11.7 Å². The lowest BCUT2D eigenvalue weighted by Crippen LogP contribution is -2.36. The Labute approximate surface area is 213 Å². The molecule has 0 atom stereocenters. The molecule has 2 N–H and O–H groups in total. The van der Waals surface area contributed by atoms with Crippen molar-refractivity contribution in [1.82, 2.24) is 15.0 Å². The van der Waals surface area contributed by atoms with Crippen LogP contribution in [0.5, 0.6) is 5.75 Å². The number of ether oxygens (including phenoxy) is 2. The van der Waals surface area contributed by atoms with E-state index in [9.17, 15) is 4.79 Å². The molecular formula is C27H25FN6O3. The lowest BCUT2D eigenvalue weighted by atomic mass is 10.0. The average molecular weight is 501 g/mol. The number of aromatic nitrogens is 3. The van der Waals surface area contributed by atoms with E-state index in [1.807, 2.05) is 18.2 Å². The normalized spacial score (nSPS) is 13.3. The number of pyridine rings is 1. The summed E-state index contributed by atoms with van der Waals surface area (Å²) in [5, 5.41) is 6.48. The van der Waals surface area contributed by atoms with Gasteiger partial charge in [0.15, 0.2) is 0 Å². The van der Waals surface area contributed by atoms with Crippen LogP contribution in [0.4, 0.5) is 27.4 Å². The summed E-state index contributed by atoms with van der Waals surface area (Å²) >= 11 is 0. The van der Waals surface area contributed by atoms with E-state index in [1.54, 1.807) is 31.5 Å². The molecule has 10 heteroatoms. The van der Waals surface area contributed by atoms with E-state index >= 15 is 4.39 Å². The van der Waals surface area contributed by atoms with Crippen LogP contribution in [0.2, 0.25) is 0 Å². The highest BCUT2D eigenvalue weighted by Gasteiger charge is 2.19. The minimum Gasteiger partial charge on any atom is -0.494 e. The van der Waals surface area contributed by atoms with Crippen molar-refractivity contribution in [3.63, 3.8) is 0 Å². The summed E-state index contributed by atoms with van der Waals surface area (Å²) in [5.74, 6) is -0.0902. The van der Waals surface area contributed by atoms with Gasteiger partial charge >= 0.3 is 0 Å². The van der Waals surface area contributed by atoms with Gasteiger partial charge in [-0.3, -0.25) is 9.78 Å². The molecular weight excluding hydrogens is 475 g/mol. The Kier molecular flexibility index (Phi) is 6.91. The first-order chi connectivity index (χ1) is 18.1. The van der Waals surface area contributed by atoms with Crippen molar-refractivity contribution in [3.8, 4) is 17.0 Å². The molecule has 0 radical (unpaired) electrons. The van der Waals surface area contributed by atoms with Gasteiger partial charge in [0, 0.05) is 42.6 Å². The number of hydrogen-bond acceptors (Lipinski definition) is 8. The van der Waals surface area contributed by atoms with Crippen LogP contribution in [-0.4, -0.2) is 54.3 Å². The average Bonchev–Trinajstić information content (AvgIpc) is 2.94. The summed E-state index contributed by atoms with van der Waals surface area (Å²) < 4.78 is 26.3. The van der Waals surface area contributed by atoms with Gasteiger partial charge in [-0.1, -0.05) is 6.58 Å². The maximum atomic E-state index is 15.2. The van der Waals surface area contributed by atoms with E-state index in [0.717, 1.165) is 24.9 Å². The van der Waals surface area contributed by atoms with Gasteiger partial charge in [-0.25, -0.2) is 14.4 Å². The lowest BCUT2D eigenvalue weighted by molar-refractivity contribution is -0.111. The number of benzene rings is 2. The third kappa shape index (κ3) is 5.05. The van der Waals surface area contributed by atoms with E-state index in [4.69, 9.17) is 9.47 Å². The van der Waals surface area contributed by atoms with Crippen molar-refractivity contribution in [2.45, 2.75) is 0 Å². The molecule has 2 aromatic carbocycles. The number of amides is 1. The van der Waals surface area contributed by atoms with Crippen LogP contribution in [0, 0.1) is 5.82 Å². The van der Waals surface area contributed by atoms with Gasteiger partial charge in [0.1, 0.15) is 11.6 Å². The smallest absolute Gasteiger partial charge is 0.247 e. The number of carbonyl (C=O) groups is 1. The van der Waals surface area contributed by atoms with Crippen LogP contribution in [0.25, 0.3) is 22.2 Å². The Morgan fingerprint density at radius 2 is 2.00 bits per heavy atom. The summed E-state index contributed by atoms with van der Waals surface area (Å²) in [4.78, 5) is 27.5. The first kappa shape index (κ1) is 24.1. The zero-order chi connectivity index (χ0) is 25.8. The first-order valence-corrected chi connectivity index (χ1v) is 11.7. The van der Waals surface area contributed by atoms with Gasteiger partial charge in [-0.05, 0) is 42.5 Å². The van der Waals surface area contributed by atoms with Crippen molar-refractivity contribution < 1.29 is 18.7 Å². The molecule has 0 saturated carbocycles. The standard InChI is InChI=1S/C27H25FN6O3/c1-3-23(35)31-21-5-4-10-29-26(21)24-19(28)8-6-17-16-30-27(33-25(17)24)32-20-9-7-18(15-22(20)36-2)34-11-13-37-14-12-34/h3-10,15-16H,1,11-14H2,2H3,(H,31,35)(H,30,32,33).